The van der Waals surface area contributed by atoms with Crippen molar-refractivity contribution >= 4 is 26.7 Å². The Morgan fingerprint density at radius 3 is 2.20 bits per heavy atom. The van der Waals surface area contributed by atoms with Crippen LogP contribution in [0.5, 0.6) is 11.5 Å². The number of rotatable bonds is 11. The van der Waals surface area contributed by atoms with Crippen molar-refractivity contribution in [2.45, 2.75) is 17.7 Å². The van der Waals surface area contributed by atoms with E-state index in [4.69, 9.17) is 9.47 Å². The monoisotopic (exact) mass is 448 g/mol. The van der Waals surface area contributed by atoms with Gasteiger partial charge in [-0.3, -0.25) is 0 Å². The molecule has 0 radical (unpaired) electrons. The summed E-state index contributed by atoms with van der Waals surface area (Å²) >= 11 is 1.29. The van der Waals surface area contributed by atoms with Gasteiger partial charge in [-0.1, -0.05) is 12.1 Å². The molecule has 3 aromatic rings. The molecule has 0 unspecified atom stereocenters. The zero-order valence-electron chi connectivity index (χ0n) is 16.8. The van der Waals surface area contributed by atoms with Crippen LogP contribution in [0.25, 0.3) is 0 Å². The molecule has 0 spiro atoms. The lowest BCUT2D eigenvalue weighted by Gasteiger charge is -2.07. The van der Waals surface area contributed by atoms with Gasteiger partial charge in [-0.25, -0.2) is 18.1 Å². The van der Waals surface area contributed by atoms with E-state index < -0.39 is 10.0 Å². The van der Waals surface area contributed by atoms with Crippen LogP contribution >= 0.6 is 11.5 Å². The standard InChI is InChI=1S/C20H24N4O4S2/c1-27-16-6-4-15(5-7-16)14-19-23-20(29-24-19)21-12-3-13-22-30(25,26)18-10-8-17(28-2)9-11-18/h4-11,22H,3,12-14H2,1-2H3,(H,21,23,24). The third kappa shape index (κ3) is 6.15. The van der Waals surface area contributed by atoms with Crippen LogP contribution < -0.4 is 19.5 Å². The first kappa shape index (κ1) is 22.0. The third-order valence-electron chi connectivity index (χ3n) is 4.28. The summed E-state index contributed by atoms with van der Waals surface area (Å²) in [6.07, 6.45) is 1.26. The highest BCUT2D eigenvalue weighted by atomic mass is 32.2. The Kier molecular flexibility index (Phi) is 7.61. The third-order valence-corrected chi connectivity index (χ3v) is 6.47. The Balaban J connectivity index is 1.41. The molecule has 30 heavy (non-hydrogen) atoms. The lowest BCUT2D eigenvalue weighted by Crippen LogP contribution is -2.26. The molecule has 0 aliphatic carbocycles. The Morgan fingerprint density at radius 2 is 1.57 bits per heavy atom. The van der Waals surface area contributed by atoms with Crippen molar-refractivity contribution in [2.24, 2.45) is 0 Å². The maximum Gasteiger partial charge on any atom is 0.240 e. The molecule has 0 amide bonds. The van der Waals surface area contributed by atoms with E-state index in [-0.39, 0.29) is 4.90 Å². The summed E-state index contributed by atoms with van der Waals surface area (Å²) in [6.45, 7) is 0.904. The molecule has 10 heteroatoms. The van der Waals surface area contributed by atoms with Crippen molar-refractivity contribution < 1.29 is 17.9 Å². The number of nitrogens with zero attached hydrogens (tertiary/aromatic N) is 2. The molecule has 2 aromatic carbocycles. The zero-order chi connectivity index (χ0) is 21.4. The Bertz CT molecular complexity index is 1040. The summed E-state index contributed by atoms with van der Waals surface area (Å²) in [5.74, 6) is 2.17. The molecule has 0 atom stereocenters. The molecule has 0 fully saturated rings. The molecular weight excluding hydrogens is 424 g/mol. The quantitative estimate of drug-likeness (QED) is 0.435. The molecule has 3 rings (SSSR count). The first-order valence-electron chi connectivity index (χ1n) is 9.33. The Labute approximate surface area is 180 Å². The molecule has 8 nitrogen and oxygen atoms in total. The van der Waals surface area contributed by atoms with E-state index in [2.05, 4.69) is 19.4 Å². The predicted octanol–water partition coefficient (Wildman–Crippen LogP) is 2.93. The van der Waals surface area contributed by atoms with Crippen molar-refractivity contribution in [3.8, 4) is 11.5 Å². The minimum Gasteiger partial charge on any atom is -0.497 e. The van der Waals surface area contributed by atoms with E-state index in [1.165, 1.54) is 30.8 Å². The molecule has 1 aromatic heterocycles. The molecule has 0 saturated heterocycles. The fraction of sp³-hybridized carbons (Fsp3) is 0.300. The highest BCUT2D eigenvalue weighted by Crippen LogP contribution is 2.17. The van der Waals surface area contributed by atoms with Gasteiger partial charge >= 0.3 is 0 Å². The number of hydrogen-bond acceptors (Lipinski definition) is 8. The summed E-state index contributed by atoms with van der Waals surface area (Å²) in [4.78, 5) is 4.68. The molecule has 1 heterocycles. The van der Waals surface area contributed by atoms with Gasteiger partial charge in [0.05, 0.1) is 19.1 Å². The maximum absolute atomic E-state index is 12.3. The maximum atomic E-state index is 12.3. The highest BCUT2D eigenvalue weighted by molar-refractivity contribution is 7.89. The second-order valence-electron chi connectivity index (χ2n) is 6.39. The zero-order valence-corrected chi connectivity index (χ0v) is 18.4. The molecule has 2 N–H and O–H groups in total. The molecule has 160 valence electrons. The van der Waals surface area contributed by atoms with Crippen molar-refractivity contribution in [1.29, 1.82) is 0 Å². The van der Waals surface area contributed by atoms with Crippen molar-refractivity contribution in [3.05, 3.63) is 59.9 Å². The van der Waals surface area contributed by atoms with Crippen LogP contribution in [0.15, 0.2) is 53.4 Å². The van der Waals surface area contributed by atoms with Crippen LogP contribution in [0.2, 0.25) is 0 Å². The fourth-order valence-corrected chi connectivity index (χ4v) is 4.34. The first-order valence-corrected chi connectivity index (χ1v) is 11.6. The molecule has 0 aliphatic heterocycles. The normalized spacial score (nSPS) is 11.3. The average Bonchev–Trinajstić information content (AvgIpc) is 3.21. The van der Waals surface area contributed by atoms with Crippen LogP contribution in [0.4, 0.5) is 5.13 Å². The number of aromatic nitrogens is 2. The number of methoxy groups -OCH3 is 2. The van der Waals surface area contributed by atoms with Gasteiger partial charge in [0.15, 0.2) is 0 Å². The topological polar surface area (TPSA) is 102 Å². The van der Waals surface area contributed by atoms with Gasteiger partial charge in [0.25, 0.3) is 0 Å². The van der Waals surface area contributed by atoms with Gasteiger partial charge in [-0.15, -0.1) is 0 Å². The van der Waals surface area contributed by atoms with Crippen LogP contribution in [0.3, 0.4) is 0 Å². The van der Waals surface area contributed by atoms with Gasteiger partial charge in [0.2, 0.25) is 15.2 Å². The number of benzene rings is 2. The van der Waals surface area contributed by atoms with Gasteiger partial charge in [-0.05, 0) is 48.4 Å². The molecule has 0 aliphatic rings. The number of ether oxygens (including phenoxy) is 2. The van der Waals surface area contributed by atoms with Crippen LogP contribution in [0.1, 0.15) is 17.8 Å². The van der Waals surface area contributed by atoms with E-state index in [0.717, 1.165) is 22.3 Å². The van der Waals surface area contributed by atoms with Crippen molar-refractivity contribution in [2.75, 3.05) is 32.6 Å². The Hall–Kier alpha value is -2.69. The van der Waals surface area contributed by atoms with Gasteiger partial charge < -0.3 is 14.8 Å². The minimum absolute atomic E-state index is 0.212. The number of anilines is 1. The summed E-state index contributed by atoms with van der Waals surface area (Å²) < 4.78 is 41.7. The van der Waals surface area contributed by atoms with Crippen LogP contribution in [0, 0.1) is 0 Å². The summed E-state index contributed by atoms with van der Waals surface area (Å²) in [7, 11) is -0.359. The lowest BCUT2D eigenvalue weighted by molar-refractivity contribution is 0.414. The smallest absolute Gasteiger partial charge is 0.240 e. The number of nitrogens with one attached hydrogen (secondary N) is 2. The average molecular weight is 449 g/mol. The van der Waals surface area contributed by atoms with Gasteiger partial charge in [0, 0.05) is 31.0 Å². The summed E-state index contributed by atoms with van der Waals surface area (Å²) in [6, 6.07) is 14.1. The predicted molar refractivity (Wildman–Crippen MR) is 117 cm³/mol. The number of hydrogen-bond donors (Lipinski definition) is 2. The first-order chi connectivity index (χ1) is 14.5. The molecule has 0 saturated carbocycles. The second kappa shape index (κ2) is 10.4. The van der Waals surface area contributed by atoms with Gasteiger partial charge in [0.1, 0.15) is 17.3 Å². The van der Waals surface area contributed by atoms with Crippen LogP contribution in [-0.4, -0.2) is 45.1 Å². The van der Waals surface area contributed by atoms with E-state index >= 15 is 0 Å². The highest BCUT2D eigenvalue weighted by Gasteiger charge is 2.13. The van der Waals surface area contributed by atoms with Gasteiger partial charge in [-0.2, -0.15) is 4.37 Å². The molecular formula is C20H24N4O4S2. The molecule has 0 bridgehead atoms. The number of sulfonamides is 1. The minimum atomic E-state index is -3.53. The van der Waals surface area contributed by atoms with Crippen LogP contribution in [-0.2, 0) is 16.4 Å². The second-order valence-corrected chi connectivity index (χ2v) is 8.91. The van der Waals surface area contributed by atoms with Crippen molar-refractivity contribution in [1.82, 2.24) is 14.1 Å². The fourth-order valence-electron chi connectivity index (χ4n) is 2.65. The van der Waals surface area contributed by atoms with E-state index in [0.29, 0.717) is 31.7 Å². The SMILES string of the molecule is COc1ccc(Cc2nsc(NCCCNS(=O)(=O)c3ccc(OC)cc3)n2)cc1. The van der Waals surface area contributed by atoms with E-state index in [1.54, 1.807) is 19.2 Å². The summed E-state index contributed by atoms with van der Waals surface area (Å²) in [5.41, 5.74) is 1.10. The lowest BCUT2D eigenvalue weighted by atomic mass is 10.1. The largest absolute Gasteiger partial charge is 0.497 e. The van der Waals surface area contributed by atoms with Crippen molar-refractivity contribution in [3.63, 3.8) is 0 Å². The van der Waals surface area contributed by atoms with E-state index in [9.17, 15) is 8.42 Å². The summed E-state index contributed by atoms with van der Waals surface area (Å²) in [5, 5.41) is 3.90. The van der Waals surface area contributed by atoms with E-state index in [1.807, 2.05) is 24.3 Å². The Morgan fingerprint density at radius 1 is 0.933 bits per heavy atom.